The fraction of sp³-hybridized carbons (Fsp3) is 0.150. The molecule has 0 aliphatic rings. The van der Waals surface area contributed by atoms with Gasteiger partial charge in [0.25, 0.3) is 11.6 Å². The Balaban J connectivity index is 1.54. The molecule has 30 heavy (non-hydrogen) atoms. The Kier molecular flexibility index (Phi) is 6.48. The molecule has 0 spiro atoms. The number of sulfone groups is 1. The highest BCUT2D eigenvalue weighted by Gasteiger charge is 2.22. The lowest BCUT2D eigenvalue weighted by Crippen LogP contribution is -2.29. The minimum Gasteiger partial charge on any atom is -0.459 e. The van der Waals surface area contributed by atoms with Gasteiger partial charge in [0.15, 0.2) is 15.6 Å². The van der Waals surface area contributed by atoms with E-state index in [1.54, 1.807) is 30.3 Å². The van der Waals surface area contributed by atoms with Crippen LogP contribution in [0.4, 0.5) is 11.4 Å². The fourth-order valence-electron chi connectivity index (χ4n) is 2.73. The van der Waals surface area contributed by atoms with E-state index in [0.29, 0.717) is 12.2 Å². The van der Waals surface area contributed by atoms with Crippen molar-refractivity contribution in [1.29, 1.82) is 0 Å². The number of hydrogen-bond acceptors (Lipinski definition) is 7. The quantitative estimate of drug-likeness (QED) is 0.304. The number of nitrogens with one attached hydrogen (secondary N) is 2. The number of anilines is 1. The molecule has 1 heterocycles. The first-order valence-electron chi connectivity index (χ1n) is 8.97. The van der Waals surface area contributed by atoms with Gasteiger partial charge >= 0.3 is 0 Å². The maximum Gasteiger partial charge on any atom is 0.287 e. The number of nitro groups is 1. The van der Waals surface area contributed by atoms with E-state index in [0.717, 1.165) is 0 Å². The summed E-state index contributed by atoms with van der Waals surface area (Å²) in [6.07, 6.45) is 1.28. The third-order valence-corrected chi connectivity index (χ3v) is 5.90. The monoisotopic (exact) mass is 429 g/mol. The normalized spacial score (nSPS) is 11.1. The van der Waals surface area contributed by atoms with Gasteiger partial charge in [-0.05, 0) is 30.3 Å². The number of carbonyl (C=O) groups is 1. The summed E-state index contributed by atoms with van der Waals surface area (Å²) in [6, 6.07) is 15.3. The molecule has 9 nitrogen and oxygen atoms in total. The summed E-state index contributed by atoms with van der Waals surface area (Å²) in [7, 11) is -3.61. The number of hydrogen-bond donors (Lipinski definition) is 2. The van der Waals surface area contributed by atoms with E-state index >= 15 is 0 Å². The first kappa shape index (κ1) is 21.1. The maximum absolute atomic E-state index is 12.5. The molecule has 0 aliphatic carbocycles. The van der Waals surface area contributed by atoms with E-state index in [9.17, 15) is 23.3 Å². The number of furan rings is 1. The predicted molar refractivity (Wildman–Crippen MR) is 110 cm³/mol. The minimum absolute atomic E-state index is 0.00958. The van der Waals surface area contributed by atoms with Crippen LogP contribution in [0.2, 0.25) is 0 Å². The van der Waals surface area contributed by atoms with Crippen molar-refractivity contribution in [1.82, 2.24) is 5.32 Å². The van der Waals surface area contributed by atoms with Gasteiger partial charge < -0.3 is 15.1 Å². The molecule has 0 unspecified atom stereocenters. The number of benzene rings is 2. The third kappa shape index (κ3) is 5.23. The largest absolute Gasteiger partial charge is 0.459 e. The molecule has 2 aromatic carbocycles. The van der Waals surface area contributed by atoms with Crippen LogP contribution in [-0.2, 0) is 15.6 Å². The standard InChI is InChI=1S/C20H19N3O6S/c24-20(22-12-11-21-16-6-8-17(9-7-16)23(25)26)19-15(10-13-29-19)14-30(27,28)18-4-2-1-3-5-18/h1-10,13,21H,11-12,14H2,(H,22,24). The van der Waals surface area contributed by atoms with Crippen LogP contribution >= 0.6 is 0 Å². The van der Waals surface area contributed by atoms with Gasteiger partial charge in [-0.3, -0.25) is 14.9 Å². The zero-order chi connectivity index (χ0) is 21.6. The van der Waals surface area contributed by atoms with Crippen LogP contribution in [-0.4, -0.2) is 32.3 Å². The van der Waals surface area contributed by atoms with Crippen LogP contribution in [0.3, 0.4) is 0 Å². The van der Waals surface area contributed by atoms with Gasteiger partial charge in [0.1, 0.15) is 0 Å². The average Bonchev–Trinajstić information content (AvgIpc) is 3.19. The van der Waals surface area contributed by atoms with E-state index in [2.05, 4.69) is 10.6 Å². The Labute approximate surface area is 172 Å². The lowest BCUT2D eigenvalue weighted by Gasteiger charge is -2.08. The molecular weight excluding hydrogens is 410 g/mol. The molecule has 0 aliphatic heterocycles. The lowest BCUT2D eigenvalue weighted by atomic mass is 10.2. The van der Waals surface area contributed by atoms with Gasteiger partial charge in [0.2, 0.25) is 0 Å². The van der Waals surface area contributed by atoms with Gasteiger partial charge in [0.05, 0.1) is 21.8 Å². The van der Waals surface area contributed by atoms with E-state index in [1.807, 2.05) is 0 Å². The summed E-state index contributed by atoms with van der Waals surface area (Å²) >= 11 is 0. The highest BCUT2D eigenvalue weighted by Crippen LogP contribution is 2.20. The number of rotatable bonds is 9. The van der Waals surface area contributed by atoms with Crippen molar-refractivity contribution < 1.29 is 22.6 Å². The van der Waals surface area contributed by atoms with Crippen LogP contribution in [0.1, 0.15) is 16.1 Å². The van der Waals surface area contributed by atoms with Crippen LogP contribution < -0.4 is 10.6 Å². The second-order valence-electron chi connectivity index (χ2n) is 6.33. The van der Waals surface area contributed by atoms with Gasteiger partial charge in [-0.15, -0.1) is 0 Å². The molecular formula is C20H19N3O6S. The molecule has 1 aromatic heterocycles. The Bertz CT molecular complexity index is 1120. The summed E-state index contributed by atoms with van der Waals surface area (Å²) in [5, 5.41) is 16.3. The van der Waals surface area contributed by atoms with Crippen molar-refractivity contribution in [2.75, 3.05) is 18.4 Å². The number of nitrogens with zero attached hydrogens (tertiary/aromatic N) is 1. The summed E-state index contributed by atoms with van der Waals surface area (Å²) in [4.78, 5) is 22.7. The molecule has 3 aromatic rings. The Morgan fingerprint density at radius 3 is 2.37 bits per heavy atom. The van der Waals surface area contributed by atoms with Crippen molar-refractivity contribution >= 4 is 27.1 Å². The lowest BCUT2D eigenvalue weighted by molar-refractivity contribution is -0.384. The van der Waals surface area contributed by atoms with Crippen molar-refractivity contribution in [3.05, 3.63) is 88.4 Å². The van der Waals surface area contributed by atoms with Crippen molar-refractivity contribution in [3.8, 4) is 0 Å². The molecule has 0 bridgehead atoms. The van der Waals surface area contributed by atoms with E-state index in [4.69, 9.17) is 4.42 Å². The zero-order valence-electron chi connectivity index (χ0n) is 15.8. The second kappa shape index (κ2) is 9.23. The molecule has 156 valence electrons. The fourth-order valence-corrected chi connectivity index (χ4v) is 4.10. The molecule has 1 amide bonds. The van der Waals surface area contributed by atoms with Crippen molar-refractivity contribution in [2.24, 2.45) is 0 Å². The molecule has 0 fully saturated rings. The Morgan fingerprint density at radius 2 is 1.70 bits per heavy atom. The summed E-state index contributed by atoms with van der Waals surface area (Å²) in [5.41, 5.74) is 0.937. The SMILES string of the molecule is O=C(NCCNc1ccc([N+](=O)[O-])cc1)c1occc1CS(=O)(=O)c1ccccc1. The third-order valence-electron chi connectivity index (χ3n) is 4.22. The number of nitro benzene ring substituents is 1. The van der Waals surface area contributed by atoms with Gasteiger partial charge in [-0.2, -0.15) is 0 Å². The van der Waals surface area contributed by atoms with Crippen LogP contribution in [0.25, 0.3) is 0 Å². The van der Waals surface area contributed by atoms with Gasteiger partial charge in [0, 0.05) is 36.5 Å². The van der Waals surface area contributed by atoms with Gasteiger partial charge in [-0.25, -0.2) is 8.42 Å². The van der Waals surface area contributed by atoms with Gasteiger partial charge in [-0.1, -0.05) is 18.2 Å². The highest BCUT2D eigenvalue weighted by molar-refractivity contribution is 7.90. The van der Waals surface area contributed by atoms with Crippen LogP contribution in [0.5, 0.6) is 0 Å². The minimum atomic E-state index is -3.61. The first-order chi connectivity index (χ1) is 14.4. The van der Waals surface area contributed by atoms with E-state index < -0.39 is 20.7 Å². The van der Waals surface area contributed by atoms with E-state index in [1.165, 1.54) is 36.6 Å². The summed E-state index contributed by atoms with van der Waals surface area (Å²) < 4.78 is 30.3. The Morgan fingerprint density at radius 1 is 1.00 bits per heavy atom. The molecule has 0 saturated carbocycles. The van der Waals surface area contributed by atoms with Crippen molar-refractivity contribution in [2.45, 2.75) is 10.6 Å². The smallest absolute Gasteiger partial charge is 0.287 e. The summed E-state index contributed by atoms with van der Waals surface area (Å²) in [6.45, 7) is 0.600. The number of carbonyl (C=O) groups excluding carboxylic acids is 1. The predicted octanol–water partition coefficient (Wildman–Crippen LogP) is 3.00. The average molecular weight is 429 g/mol. The number of non-ortho nitro benzene ring substituents is 1. The van der Waals surface area contributed by atoms with Crippen LogP contribution in [0, 0.1) is 10.1 Å². The van der Waals surface area contributed by atoms with E-state index in [-0.39, 0.29) is 34.2 Å². The molecule has 0 saturated heterocycles. The zero-order valence-corrected chi connectivity index (χ0v) is 16.6. The topological polar surface area (TPSA) is 132 Å². The summed E-state index contributed by atoms with van der Waals surface area (Å²) in [5.74, 6) is -0.925. The molecule has 10 heteroatoms. The maximum atomic E-state index is 12.5. The molecule has 0 radical (unpaired) electrons. The number of amides is 1. The van der Waals surface area contributed by atoms with Crippen LogP contribution in [0.15, 0.2) is 76.2 Å². The molecule has 2 N–H and O–H groups in total. The van der Waals surface area contributed by atoms with Crippen molar-refractivity contribution in [3.63, 3.8) is 0 Å². The molecule has 0 atom stereocenters. The second-order valence-corrected chi connectivity index (χ2v) is 8.32. The molecule has 3 rings (SSSR count). The first-order valence-corrected chi connectivity index (χ1v) is 10.6. The Hall–Kier alpha value is -3.66. The highest BCUT2D eigenvalue weighted by atomic mass is 32.2.